The number of nitrogens with one attached hydrogen (secondary N) is 1. The van der Waals surface area contributed by atoms with Crippen LogP contribution in [0.4, 0.5) is 0 Å². The molecule has 8 heteroatoms. The van der Waals surface area contributed by atoms with Gasteiger partial charge in [-0.05, 0) is 18.6 Å². The van der Waals surface area contributed by atoms with Gasteiger partial charge >= 0.3 is 0 Å². The number of carbonyl (C=O) groups excluding carboxylic acids is 1. The molecule has 7 nitrogen and oxygen atoms in total. The quantitative estimate of drug-likeness (QED) is 0.727. The SMILES string of the molecule is COCc1nc(OC)c2c(C)c(C(=O)NC3COc4ccccc43)sc2n1. The Labute approximate surface area is 160 Å². The van der Waals surface area contributed by atoms with Crippen molar-refractivity contribution < 1.29 is 19.0 Å². The van der Waals surface area contributed by atoms with Gasteiger partial charge in [0.25, 0.3) is 5.91 Å². The molecule has 0 fully saturated rings. The van der Waals surface area contributed by atoms with Crippen LogP contribution < -0.4 is 14.8 Å². The summed E-state index contributed by atoms with van der Waals surface area (Å²) in [4.78, 5) is 23.1. The Hall–Kier alpha value is -2.71. The molecule has 3 aromatic rings. The van der Waals surface area contributed by atoms with Crippen molar-refractivity contribution in [3.8, 4) is 11.6 Å². The monoisotopic (exact) mass is 385 g/mol. The molecule has 0 saturated heterocycles. The molecule has 1 N–H and O–H groups in total. The van der Waals surface area contributed by atoms with Gasteiger partial charge in [0.2, 0.25) is 5.88 Å². The topological polar surface area (TPSA) is 82.6 Å². The normalized spacial score (nSPS) is 15.4. The predicted molar refractivity (Wildman–Crippen MR) is 102 cm³/mol. The van der Waals surface area contributed by atoms with Gasteiger partial charge in [-0.25, -0.2) is 4.98 Å². The fraction of sp³-hybridized carbons (Fsp3) is 0.316. The number of thiophene rings is 1. The van der Waals surface area contributed by atoms with E-state index in [4.69, 9.17) is 14.2 Å². The standard InChI is InChI=1S/C19H19N3O4S/c1-10-15-18(25-3)21-14(9-24-2)22-19(15)27-16(10)17(23)20-12-8-26-13-7-5-4-6-11(12)13/h4-7,12H,8-9H2,1-3H3,(H,20,23). The molecule has 0 radical (unpaired) electrons. The summed E-state index contributed by atoms with van der Waals surface area (Å²) in [5, 5.41) is 3.82. The number of aryl methyl sites for hydroxylation is 1. The molecule has 3 heterocycles. The number of nitrogens with zero attached hydrogens (tertiary/aromatic N) is 2. The maximum absolute atomic E-state index is 12.9. The number of ether oxygens (including phenoxy) is 3. The third kappa shape index (κ3) is 3.11. The molecule has 1 amide bonds. The summed E-state index contributed by atoms with van der Waals surface area (Å²) >= 11 is 1.33. The molecule has 1 atom stereocenters. The van der Waals surface area contributed by atoms with Crippen LogP contribution >= 0.6 is 11.3 Å². The smallest absolute Gasteiger partial charge is 0.262 e. The first-order valence-electron chi connectivity index (χ1n) is 8.48. The summed E-state index contributed by atoms with van der Waals surface area (Å²) in [5.41, 5.74) is 1.80. The maximum Gasteiger partial charge on any atom is 0.262 e. The Bertz CT molecular complexity index is 1020. The van der Waals surface area contributed by atoms with Gasteiger partial charge in [0.15, 0.2) is 5.82 Å². The first-order chi connectivity index (χ1) is 13.1. The van der Waals surface area contributed by atoms with Crippen molar-refractivity contribution in [2.75, 3.05) is 20.8 Å². The van der Waals surface area contributed by atoms with E-state index in [-0.39, 0.29) is 18.6 Å². The van der Waals surface area contributed by atoms with Crippen molar-refractivity contribution in [1.29, 1.82) is 0 Å². The average molecular weight is 385 g/mol. The average Bonchev–Trinajstić information content (AvgIpc) is 3.23. The van der Waals surface area contributed by atoms with E-state index in [1.165, 1.54) is 11.3 Å². The number of hydrogen-bond acceptors (Lipinski definition) is 7. The first-order valence-corrected chi connectivity index (χ1v) is 9.29. The second-order valence-corrected chi connectivity index (χ2v) is 7.19. The number of carbonyl (C=O) groups is 1. The van der Waals surface area contributed by atoms with E-state index >= 15 is 0 Å². The molecule has 27 heavy (non-hydrogen) atoms. The van der Waals surface area contributed by atoms with Gasteiger partial charge in [-0.15, -0.1) is 11.3 Å². The minimum atomic E-state index is -0.171. The molecule has 4 rings (SSSR count). The molecule has 0 spiro atoms. The molecule has 0 aliphatic carbocycles. The molecular formula is C19H19N3O4S. The van der Waals surface area contributed by atoms with Crippen LogP contribution in [-0.4, -0.2) is 36.7 Å². The van der Waals surface area contributed by atoms with Gasteiger partial charge in [0, 0.05) is 12.7 Å². The predicted octanol–water partition coefficient (Wildman–Crippen LogP) is 3.02. The summed E-state index contributed by atoms with van der Waals surface area (Å²) < 4.78 is 16.2. The van der Waals surface area contributed by atoms with Crippen molar-refractivity contribution in [2.24, 2.45) is 0 Å². The number of para-hydroxylation sites is 1. The van der Waals surface area contributed by atoms with E-state index in [9.17, 15) is 4.79 Å². The molecule has 2 aromatic heterocycles. The van der Waals surface area contributed by atoms with Gasteiger partial charge in [0.05, 0.1) is 23.4 Å². The summed E-state index contributed by atoms with van der Waals surface area (Å²) in [5.74, 6) is 1.63. The highest BCUT2D eigenvalue weighted by Gasteiger charge is 2.28. The van der Waals surface area contributed by atoms with Crippen LogP contribution in [0.15, 0.2) is 24.3 Å². The fourth-order valence-corrected chi connectivity index (χ4v) is 4.30. The van der Waals surface area contributed by atoms with Gasteiger partial charge in [-0.1, -0.05) is 18.2 Å². The largest absolute Gasteiger partial charge is 0.491 e. The van der Waals surface area contributed by atoms with E-state index in [1.807, 2.05) is 31.2 Å². The molecule has 140 valence electrons. The van der Waals surface area contributed by atoms with Crippen LogP contribution in [0.3, 0.4) is 0 Å². The zero-order chi connectivity index (χ0) is 19.0. The van der Waals surface area contributed by atoms with Gasteiger partial charge in [-0.3, -0.25) is 4.79 Å². The number of fused-ring (bicyclic) bond motifs is 2. The lowest BCUT2D eigenvalue weighted by Gasteiger charge is -2.11. The maximum atomic E-state index is 12.9. The lowest BCUT2D eigenvalue weighted by Crippen LogP contribution is -2.29. The fourth-order valence-electron chi connectivity index (χ4n) is 3.21. The van der Waals surface area contributed by atoms with E-state index in [2.05, 4.69) is 15.3 Å². The number of rotatable bonds is 5. The van der Waals surface area contributed by atoms with Crippen LogP contribution in [0.5, 0.6) is 11.6 Å². The molecule has 0 bridgehead atoms. The highest BCUT2D eigenvalue weighted by atomic mass is 32.1. The van der Waals surface area contributed by atoms with E-state index in [0.717, 1.165) is 22.3 Å². The van der Waals surface area contributed by atoms with Gasteiger partial charge in [0.1, 0.15) is 23.8 Å². The first kappa shape index (κ1) is 17.7. The highest BCUT2D eigenvalue weighted by molar-refractivity contribution is 7.20. The third-order valence-electron chi connectivity index (χ3n) is 4.48. The summed E-state index contributed by atoms with van der Waals surface area (Å²) in [6.45, 7) is 2.59. The van der Waals surface area contributed by atoms with E-state index in [0.29, 0.717) is 28.0 Å². The number of aromatic nitrogens is 2. The second kappa shape index (κ2) is 7.13. The molecule has 1 aliphatic heterocycles. The minimum absolute atomic E-state index is 0.156. The minimum Gasteiger partial charge on any atom is -0.491 e. The van der Waals surface area contributed by atoms with Gasteiger partial charge in [-0.2, -0.15) is 4.98 Å². The summed E-state index contributed by atoms with van der Waals surface area (Å²) in [7, 11) is 3.14. The van der Waals surface area contributed by atoms with E-state index in [1.54, 1.807) is 14.2 Å². The molecule has 1 unspecified atom stereocenters. The second-order valence-electron chi connectivity index (χ2n) is 6.19. The Balaban J connectivity index is 1.67. The molecule has 1 aromatic carbocycles. The summed E-state index contributed by atoms with van der Waals surface area (Å²) in [6, 6.07) is 7.56. The van der Waals surface area contributed by atoms with Crippen molar-refractivity contribution in [3.05, 3.63) is 46.1 Å². The van der Waals surface area contributed by atoms with Crippen LogP contribution in [0.2, 0.25) is 0 Å². The number of methoxy groups -OCH3 is 2. The Morgan fingerprint density at radius 2 is 2.15 bits per heavy atom. The third-order valence-corrected chi connectivity index (χ3v) is 5.67. The van der Waals surface area contributed by atoms with Crippen LogP contribution in [0, 0.1) is 6.92 Å². The highest BCUT2D eigenvalue weighted by Crippen LogP contribution is 2.36. The van der Waals surface area contributed by atoms with Gasteiger partial charge < -0.3 is 19.5 Å². The zero-order valence-corrected chi connectivity index (χ0v) is 16.1. The molecule has 0 saturated carbocycles. The van der Waals surface area contributed by atoms with Crippen LogP contribution in [0.25, 0.3) is 10.2 Å². The Morgan fingerprint density at radius 3 is 2.93 bits per heavy atom. The number of amides is 1. The van der Waals surface area contributed by atoms with Crippen LogP contribution in [-0.2, 0) is 11.3 Å². The zero-order valence-electron chi connectivity index (χ0n) is 15.2. The van der Waals surface area contributed by atoms with E-state index < -0.39 is 0 Å². The Morgan fingerprint density at radius 1 is 1.33 bits per heavy atom. The van der Waals surface area contributed by atoms with Crippen molar-refractivity contribution in [1.82, 2.24) is 15.3 Å². The molecule has 1 aliphatic rings. The lowest BCUT2D eigenvalue weighted by atomic mass is 10.1. The number of hydrogen-bond donors (Lipinski definition) is 1. The lowest BCUT2D eigenvalue weighted by molar-refractivity contribution is 0.0934. The summed E-state index contributed by atoms with van der Waals surface area (Å²) in [6.07, 6.45) is 0. The van der Waals surface area contributed by atoms with Crippen LogP contribution in [0.1, 0.15) is 32.7 Å². The van der Waals surface area contributed by atoms with Crippen molar-refractivity contribution in [3.63, 3.8) is 0 Å². The number of benzene rings is 1. The van der Waals surface area contributed by atoms with Crippen molar-refractivity contribution >= 4 is 27.5 Å². The molecular weight excluding hydrogens is 366 g/mol. The Kier molecular flexibility index (Phi) is 4.67. The van der Waals surface area contributed by atoms with Crippen molar-refractivity contribution in [2.45, 2.75) is 19.6 Å².